The first kappa shape index (κ1) is 23.0. The first-order chi connectivity index (χ1) is 12.0. The van der Waals surface area contributed by atoms with Gasteiger partial charge in [0.15, 0.2) is 5.96 Å². The third-order valence-corrected chi connectivity index (χ3v) is 4.18. The van der Waals surface area contributed by atoms with Crippen LogP contribution in [0.1, 0.15) is 18.4 Å². The van der Waals surface area contributed by atoms with Crippen LogP contribution in [-0.4, -0.2) is 56.9 Å². The van der Waals surface area contributed by atoms with Gasteiger partial charge in [-0.15, -0.1) is 24.0 Å². The molecular weight excluding hydrogens is 458 g/mol. The fraction of sp³-hybridized carbons (Fsp3) is 0.611. The van der Waals surface area contributed by atoms with Crippen molar-refractivity contribution in [3.8, 4) is 0 Å². The monoisotopic (exact) mass is 485 g/mol. The summed E-state index contributed by atoms with van der Waals surface area (Å²) in [5.74, 6) is 1.41. The summed E-state index contributed by atoms with van der Waals surface area (Å²) in [7, 11) is 1.73. The van der Waals surface area contributed by atoms with Crippen LogP contribution in [0.15, 0.2) is 35.3 Å². The molecule has 1 aromatic rings. The molecule has 1 N–H and O–H groups in total. The maximum atomic E-state index is 12.0. The number of benzene rings is 1. The lowest BCUT2D eigenvalue weighted by atomic mass is 9.99. The van der Waals surface area contributed by atoms with Gasteiger partial charge in [0.1, 0.15) is 6.61 Å². The first-order valence-corrected chi connectivity index (χ1v) is 8.62. The quantitative estimate of drug-likeness (QED) is 0.277. The molecule has 0 amide bonds. The molecule has 0 aromatic heterocycles. The Morgan fingerprint density at radius 2 is 2.04 bits per heavy atom. The highest BCUT2D eigenvalue weighted by Gasteiger charge is 2.27. The van der Waals surface area contributed by atoms with Gasteiger partial charge in [-0.1, -0.05) is 30.3 Å². The molecule has 1 aliphatic rings. The van der Waals surface area contributed by atoms with Gasteiger partial charge in [0.25, 0.3) is 0 Å². The average Bonchev–Trinajstić information content (AvgIpc) is 3.02. The highest BCUT2D eigenvalue weighted by Crippen LogP contribution is 2.20. The number of aliphatic imine (C=N–C) groups is 1. The molecule has 0 bridgehead atoms. The van der Waals surface area contributed by atoms with Gasteiger partial charge in [0, 0.05) is 33.3 Å². The molecule has 0 spiro atoms. The van der Waals surface area contributed by atoms with Crippen molar-refractivity contribution in [1.29, 1.82) is 0 Å². The molecule has 0 saturated carbocycles. The van der Waals surface area contributed by atoms with Gasteiger partial charge in [-0.05, 0) is 30.7 Å². The second-order valence-electron chi connectivity index (χ2n) is 6.29. The normalized spacial score (nSPS) is 17.9. The Labute approximate surface area is 170 Å². The minimum Gasteiger partial charge on any atom is -0.372 e. The number of hydrogen-bond acceptors (Lipinski definition) is 2. The van der Waals surface area contributed by atoms with Gasteiger partial charge in [0.05, 0.1) is 0 Å². The van der Waals surface area contributed by atoms with Crippen molar-refractivity contribution in [3.63, 3.8) is 0 Å². The molecule has 8 heteroatoms. The van der Waals surface area contributed by atoms with E-state index in [1.165, 1.54) is 5.56 Å². The molecule has 148 valence electrons. The van der Waals surface area contributed by atoms with E-state index in [4.69, 9.17) is 0 Å². The summed E-state index contributed by atoms with van der Waals surface area (Å²) in [6.45, 7) is 1.33. The zero-order valence-electron chi connectivity index (χ0n) is 15.0. The number of halogens is 4. The molecule has 4 nitrogen and oxygen atoms in total. The van der Waals surface area contributed by atoms with Crippen molar-refractivity contribution >= 4 is 29.9 Å². The van der Waals surface area contributed by atoms with Crippen LogP contribution in [0, 0.1) is 5.92 Å². The molecule has 0 radical (unpaired) electrons. The molecule has 0 aliphatic carbocycles. The Morgan fingerprint density at radius 1 is 1.31 bits per heavy atom. The molecular formula is C18H27F3IN3O. The fourth-order valence-corrected chi connectivity index (χ4v) is 3.03. The van der Waals surface area contributed by atoms with E-state index in [0.717, 1.165) is 31.9 Å². The fourth-order valence-electron chi connectivity index (χ4n) is 3.03. The zero-order valence-corrected chi connectivity index (χ0v) is 17.3. The van der Waals surface area contributed by atoms with Gasteiger partial charge >= 0.3 is 6.18 Å². The summed E-state index contributed by atoms with van der Waals surface area (Å²) in [6.07, 6.45) is -1.58. The number of ether oxygens (including phenoxy) is 1. The number of nitrogens with zero attached hydrogens (tertiary/aromatic N) is 2. The molecule has 1 fully saturated rings. The van der Waals surface area contributed by atoms with Crippen molar-refractivity contribution in [2.45, 2.75) is 25.4 Å². The Bertz CT molecular complexity index is 540. The van der Waals surface area contributed by atoms with Gasteiger partial charge in [-0.2, -0.15) is 13.2 Å². The highest BCUT2D eigenvalue weighted by molar-refractivity contribution is 14.0. The number of likely N-dealkylation sites (tertiary alicyclic amines) is 1. The van der Waals surface area contributed by atoms with Crippen molar-refractivity contribution < 1.29 is 17.9 Å². The van der Waals surface area contributed by atoms with Crippen LogP contribution >= 0.6 is 24.0 Å². The molecule has 1 heterocycles. The summed E-state index contributed by atoms with van der Waals surface area (Å²) >= 11 is 0. The topological polar surface area (TPSA) is 36.9 Å². The van der Waals surface area contributed by atoms with Crippen LogP contribution in [0.2, 0.25) is 0 Å². The lowest BCUT2D eigenvalue weighted by molar-refractivity contribution is -0.173. The smallest absolute Gasteiger partial charge is 0.372 e. The van der Waals surface area contributed by atoms with E-state index in [-0.39, 0.29) is 30.6 Å². The van der Waals surface area contributed by atoms with Crippen LogP contribution in [0.25, 0.3) is 0 Å². The van der Waals surface area contributed by atoms with E-state index in [1.54, 1.807) is 7.05 Å². The van der Waals surface area contributed by atoms with Crippen LogP contribution in [0.3, 0.4) is 0 Å². The van der Waals surface area contributed by atoms with Crippen LogP contribution in [0.5, 0.6) is 0 Å². The molecule has 1 aromatic carbocycles. The van der Waals surface area contributed by atoms with E-state index in [1.807, 2.05) is 6.07 Å². The largest absolute Gasteiger partial charge is 0.411 e. The number of guanidine groups is 1. The van der Waals surface area contributed by atoms with E-state index < -0.39 is 12.8 Å². The van der Waals surface area contributed by atoms with Crippen molar-refractivity contribution in [2.75, 3.05) is 39.9 Å². The minimum absolute atomic E-state index is 0. The second kappa shape index (κ2) is 11.6. The van der Waals surface area contributed by atoms with Gasteiger partial charge in [-0.3, -0.25) is 4.99 Å². The summed E-state index contributed by atoms with van der Waals surface area (Å²) in [6, 6.07) is 10.4. The Hall–Kier alpha value is -1.03. The zero-order chi connectivity index (χ0) is 18.1. The van der Waals surface area contributed by atoms with E-state index in [9.17, 15) is 13.2 Å². The maximum Gasteiger partial charge on any atom is 0.411 e. The number of alkyl halides is 3. The van der Waals surface area contributed by atoms with Crippen molar-refractivity contribution in [1.82, 2.24) is 10.2 Å². The lowest BCUT2D eigenvalue weighted by Gasteiger charge is -2.21. The molecule has 1 saturated heterocycles. The maximum absolute atomic E-state index is 12.0. The summed E-state index contributed by atoms with van der Waals surface area (Å²) in [4.78, 5) is 6.49. The third-order valence-electron chi connectivity index (χ3n) is 4.18. The summed E-state index contributed by atoms with van der Waals surface area (Å²) in [5.41, 5.74) is 1.35. The van der Waals surface area contributed by atoms with E-state index in [0.29, 0.717) is 18.9 Å². The molecule has 1 aliphatic heterocycles. The van der Waals surface area contributed by atoms with Gasteiger partial charge in [0.2, 0.25) is 0 Å². The second-order valence-corrected chi connectivity index (χ2v) is 6.29. The van der Waals surface area contributed by atoms with Gasteiger partial charge in [-0.25, -0.2) is 0 Å². The Balaban J connectivity index is 0.00000338. The van der Waals surface area contributed by atoms with Crippen LogP contribution in [0.4, 0.5) is 13.2 Å². The first-order valence-electron chi connectivity index (χ1n) is 8.62. The van der Waals surface area contributed by atoms with E-state index >= 15 is 0 Å². The Morgan fingerprint density at radius 3 is 2.69 bits per heavy atom. The van der Waals surface area contributed by atoms with E-state index in [2.05, 4.69) is 44.2 Å². The standard InChI is InChI=1S/C18H26F3N3O.HI/c1-22-17(23-9-5-11-25-14-18(19,20)21)24-10-8-16(13-24)12-15-6-3-2-4-7-15;/h2-4,6-7,16H,5,8-14H2,1H3,(H,22,23);1H. The van der Waals surface area contributed by atoms with Crippen molar-refractivity contribution in [3.05, 3.63) is 35.9 Å². The summed E-state index contributed by atoms with van der Waals surface area (Å²) < 4.78 is 40.5. The summed E-state index contributed by atoms with van der Waals surface area (Å²) in [5, 5.41) is 3.21. The SMILES string of the molecule is CN=C(NCCCOCC(F)(F)F)N1CCC(Cc2ccccc2)C1.I. The highest BCUT2D eigenvalue weighted by atomic mass is 127. The van der Waals surface area contributed by atoms with Crippen molar-refractivity contribution in [2.24, 2.45) is 10.9 Å². The predicted molar refractivity (Wildman–Crippen MR) is 108 cm³/mol. The number of rotatable bonds is 7. The third kappa shape index (κ3) is 8.57. The van der Waals surface area contributed by atoms with Gasteiger partial charge < -0.3 is 15.0 Å². The lowest BCUT2D eigenvalue weighted by Crippen LogP contribution is -2.40. The molecule has 2 rings (SSSR count). The number of nitrogens with one attached hydrogen (secondary N) is 1. The minimum atomic E-state index is -4.26. The van der Waals surface area contributed by atoms with Crippen LogP contribution < -0.4 is 5.32 Å². The number of hydrogen-bond donors (Lipinski definition) is 1. The average molecular weight is 485 g/mol. The predicted octanol–water partition coefficient (Wildman–Crippen LogP) is 3.71. The molecule has 1 unspecified atom stereocenters. The molecule has 26 heavy (non-hydrogen) atoms. The van der Waals surface area contributed by atoms with Crippen LogP contribution in [-0.2, 0) is 11.2 Å². The Kier molecular flexibility index (Phi) is 10.3. The molecule has 1 atom stereocenters.